The second-order valence-corrected chi connectivity index (χ2v) is 10.4. The van der Waals surface area contributed by atoms with Gasteiger partial charge in [0.15, 0.2) is 0 Å². The van der Waals surface area contributed by atoms with Gasteiger partial charge >= 0.3 is 6.03 Å². The Hall–Kier alpha value is -4.46. The van der Waals surface area contributed by atoms with E-state index in [2.05, 4.69) is 27.9 Å². The summed E-state index contributed by atoms with van der Waals surface area (Å²) in [6.45, 7) is 2.11. The van der Waals surface area contributed by atoms with Gasteiger partial charge in [0.2, 0.25) is 0 Å². The molecule has 0 spiro atoms. The summed E-state index contributed by atoms with van der Waals surface area (Å²) in [5.41, 5.74) is 4.52. The first kappa shape index (κ1) is 28.1. The lowest BCUT2D eigenvalue weighted by Crippen LogP contribution is -2.43. The molecule has 7 heteroatoms. The fraction of sp³-hybridized carbons (Fsp3) is 0.235. The van der Waals surface area contributed by atoms with E-state index in [1.165, 1.54) is 0 Å². The number of urea groups is 1. The van der Waals surface area contributed by atoms with Crippen molar-refractivity contribution >= 4 is 23.3 Å². The van der Waals surface area contributed by atoms with Gasteiger partial charge in [-0.2, -0.15) is 0 Å². The fourth-order valence-corrected chi connectivity index (χ4v) is 5.04. The average molecular weight is 549 g/mol. The highest BCUT2D eigenvalue weighted by Gasteiger charge is 2.22. The first-order valence-electron chi connectivity index (χ1n) is 14.0. The van der Waals surface area contributed by atoms with Crippen LogP contribution in [-0.4, -0.2) is 43.0 Å². The summed E-state index contributed by atoms with van der Waals surface area (Å²) < 4.78 is 6.51. The van der Waals surface area contributed by atoms with Gasteiger partial charge in [-0.1, -0.05) is 84.9 Å². The average Bonchev–Trinajstić information content (AvgIpc) is 3.00. The third kappa shape index (κ3) is 7.81. The molecule has 3 N–H and O–H groups in total. The Morgan fingerprint density at radius 1 is 0.780 bits per heavy atom. The highest BCUT2D eigenvalue weighted by molar-refractivity contribution is 6.02. The Morgan fingerprint density at radius 2 is 1.34 bits per heavy atom. The number of para-hydroxylation sites is 1. The van der Waals surface area contributed by atoms with E-state index in [1.54, 1.807) is 12.1 Å². The Kier molecular flexibility index (Phi) is 9.41. The Labute approximate surface area is 241 Å². The van der Waals surface area contributed by atoms with Gasteiger partial charge in [0, 0.05) is 23.0 Å². The zero-order valence-electron chi connectivity index (χ0n) is 23.3. The SMILES string of the molecule is CN1CCC(NC(=O)c2cc(NC(=O)Nc3ccccc3)ccc2COC(c2ccccc2)c2ccccc2)CC1. The van der Waals surface area contributed by atoms with Crippen LogP contribution >= 0.6 is 0 Å². The number of hydrogen-bond acceptors (Lipinski definition) is 4. The Bertz CT molecular complexity index is 1380. The molecule has 0 aromatic heterocycles. The highest BCUT2D eigenvalue weighted by Crippen LogP contribution is 2.28. The third-order valence-corrected chi connectivity index (χ3v) is 7.31. The minimum absolute atomic E-state index is 0.104. The molecule has 5 rings (SSSR count). The van der Waals surface area contributed by atoms with E-state index < -0.39 is 0 Å². The van der Waals surface area contributed by atoms with Crippen LogP contribution in [-0.2, 0) is 11.3 Å². The Morgan fingerprint density at radius 3 is 1.95 bits per heavy atom. The maximum absolute atomic E-state index is 13.6. The quantitative estimate of drug-likeness (QED) is 0.224. The molecular weight excluding hydrogens is 512 g/mol. The molecule has 0 aliphatic carbocycles. The van der Waals surface area contributed by atoms with E-state index in [0.29, 0.717) is 16.9 Å². The van der Waals surface area contributed by atoms with Crippen LogP contribution in [0.15, 0.2) is 109 Å². The first-order valence-corrected chi connectivity index (χ1v) is 14.0. The maximum Gasteiger partial charge on any atom is 0.323 e. The predicted molar refractivity (Wildman–Crippen MR) is 163 cm³/mol. The number of anilines is 2. The van der Waals surface area contributed by atoms with Crippen LogP contribution < -0.4 is 16.0 Å². The van der Waals surface area contributed by atoms with Gasteiger partial charge in [-0.05, 0) is 73.9 Å². The molecule has 7 nitrogen and oxygen atoms in total. The van der Waals surface area contributed by atoms with Crippen LogP contribution in [0.3, 0.4) is 0 Å². The lowest BCUT2D eigenvalue weighted by Gasteiger charge is -2.29. The molecule has 1 aliphatic heterocycles. The molecule has 4 aromatic rings. The number of ether oxygens (including phenoxy) is 1. The van der Waals surface area contributed by atoms with Gasteiger partial charge in [0.1, 0.15) is 6.10 Å². The van der Waals surface area contributed by atoms with Crippen molar-refractivity contribution < 1.29 is 14.3 Å². The van der Waals surface area contributed by atoms with Crippen molar-refractivity contribution in [1.29, 1.82) is 0 Å². The summed E-state index contributed by atoms with van der Waals surface area (Å²) in [4.78, 5) is 28.6. The van der Waals surface area contributed by atoms with E-state index in [1.807, 2.05) is 97.1 Å². The van der Waals surface area contributed by atoms with E-state index in [9.17, 15) is 9.59 Å². The maximum atomic E-state index is 13.6. The summed E-state index contributed by atoms with van der Waals surface area (Å²) in [7, 11) is 2.10. The molecule has 0 atom stereocenters. The van der Waals surface area contributed by atoms with Crippen molar-refractivity contribution in [3.8, 4) is 0 Å². The van der Waals surface area contributed by atoms with Crippen LogP contribution in [0.2, 0.25) is 0 Å². The van der Waals surface area contributed by atoms with Gasteiger partial charge in [-0.25, -0.2) is 4.79 Å². The van der Waals surface area contributed by atoms with Crippen LogP contribution in [0, 0.1) is 0 Å². The summed E-state index contributed by atoms with van der Waals surface area (Å²) in [5, 5.41) is 8.90. The van der Waals surface area contributed by atoms with Crippen LogP contribution in [0.4, 0.5) is 16.2 Å². The molecule has 0 radical (unpaired) electrons. The lowest BCUT2D eigenvalue weighted by molar-refractivity contribution is 0.0654. The van der Waals surface area contributed by atoms with Crippen molar-refractivity contribution in [2.45, 2.75) is 31.6 Å². The molecule has 1 saturated heterocycles. The number of nitrogens with one attached hydrogen (secondary N) is 3. The van der Waals surface area contributed by atoms with Crippen LogP contribution in [0.1, 0.15) is 46.0 Å². The van der Waals surface area contributed by atoms with Crippen molar-refractivity contribution in [3.05, 3.63) is 131 Å². The summed E-state index contributed by atoms with van der Waals surface area (Å²) in [5.74, 6) is -0.166. The second-order valence-electron chi connectivity index (χ2n) is 10.4. The molecule has 3 amide bonds. The Balaban J connectivity index is 1.37. The molecule has 4 aromatic carbocycles. The number of hydrogen-bond donors (Lipinski definition) is 3. The molecular formula is C34H36N4O3. The normalized spacial score (nSPS) is 14.0. The predicted octanol–water partition coefficient (Wildman–Crippen LogP) is 6.46. The van der Waals surface area contributed by atoms with Crippen LogP contribution in [0.25, 0.3) is 0 Å². The lowest BCUT2D eigenvalue weighted by atomic mass is 10.0. The van der Waals surface area contributed by atoms with Crippen molar-refractivity contribution in [3.63, 3.8) is 0 Å². The number of likely N-dealkylation sites (tertiary alicyclic amines) is 1. The number of rotatable bonds is 9. The number of nitrogens with zero attached hydrogens (tertiary/aromatic N) is 1. The fourth-order valence-electron chi connectivity index (χ4n) is 5.04. The largest absolute Gasteiger partial charge is 0.364 e. The third-order valence-electron chi connectivity index (χ3n) is 7.31. The van der Waals surface area contributed by atoms with Crippen molar-refractivity contribution in [1.82, 2.24) is 10.2 Å². The van der Waals surface area contributed by atoms with Gasteiger partial charge in [-0.3, -0.25) is 4.79 Å². The molecule has 0 saturated carbocycles. The number of piperidine rings is 1. The summed E-state index contributed by atoms with van der Waals surface area (Å²) in [6.07, 6.45) is 1.50. The topological polar surface area (TPSA) is 82.7 Å². The molecule has 0 bridgehead atoms. The first-order chi connectivity index (χ1) is 20.0. The number of carbonyl (C=O) groups excluding carboxylic acids is 2. The molecule has 41 heavy (non-hydrogen) atoms. The zero-order chi connectivity index (χ0) is 28.4. The van der Waals surface area contributed by atoms with Gasteiger partial charge in [-0.15, -0.1) is 0 Å². The molecule has 0 unspecified atom stereocenters. The number of carbonyl (C=O) groups is 2. The second kappa shape index (κ2) is 13.7. The zero-order valence-corrected chi connectivity index (χ0v) is 23.3. The minimum atomic E-state index is -0.380. The van der Waals surface area contributed by atoms with E-state index in [-0.39, 0.29) is 30.7 Å². The number of benzene rings is 4. The van der Waals surface area contributed by atoms with Gasteiger partial charge in [0.05, 0.1) is 6.61 Å². The molecule has 1 fully saturated rings. The van der Waals surface area contributed by atoms with E-state index in [0.717, 1.165) is 42.6 Å². The molecule has 1 aliphatic rings. The van der Waals surface area contributed by atoms with Crippen molar-refractivity contribution in [2.75, 3.05) is 30.8 Å². The van der Waals surface area contributed by atoms with Crippen molar-refractivity contribution in [2.24, 2.45) is 0 Å². The molecule has 1 heterocycles. The van der Waals surface area contributed by atoms with Gasteiger partial charge < -0.3 is 25.6 Å². The van der Waals surface area contributed by atoms with Crippen LogP contribution in [0.5, 0.6) is 0 Å². The minimum Gasteiger partial charge on any atom is -0.364 e. The smallest absolute Gasteiger partial charge is 0.323 e. The highest BCUT2D eigenvalue weighted by atomic mass is 16.5. The standard InChI is InChI=1S/C34H36N4O3/c1-38-21-19-29(20-22-38)35-33(39)31-23-30(37-34(40)36-28-15-9-4-10-16-28)18-17-27(31)24-41-32(25-11-5-2-6-12-25)26-13-7-3-8-14-26/h2-18,23,29,32H,19-22,24H2,1H3,(H,35,39)(H2,36,37,40). The van der Waals surface area contributed by atoms with Gasteiger partial charge in [0.25, 0.3) is 5.91 Å². The van der Waals surface area contributed by atoms with E-state index >= 15 is 0 Å². The number of amides is 3. The summed E-state index contributed by atoms with van der Waals surface area (Å²) >= 11 is 0. The summed E-state index contributed by atoms with van der Waals surface area (Å²) in [6, 6.07) is 34.5. The monoisotopic (exact) mass is 548 g/mol. The van der Waals surface area contributed by atoms with E-state index in [4.69, 9.17) is 4.74 Å². The molecule has 210 valence electrons.